The zero-order chi connectivity index (χ0) is 21.5. The van der Waals surface area contributed by atoms with E-state index < -0.39 is 0 Å². The van der Waals surface area contributed by atoms with Crippen LogP contribution in [-0.2, 0) is 6.42 Å². The molecule has 2 aromatic heterocycles. The molecule has 2 aromatic carbocycles. The summed E-state index contributed by atoms with van der Waals surface area (Å²) in [7, 11) is 4.79. The Morgan fingerprint density at radius 3 is 2.52 bits per heavy atom. The highest BCUT2D eigenvalue weighted by atomic mass is 16.5. The number of benzene rings is 2. The van der Waals surface area contributed by atoms with Crippen molar-refractivity contribution in [1.82, 2.24) is 15.0 Å². The smallest absolute Gasteiger partial charge is 0.203 e. The van der Waals surface area contributed by atoms with Gasteiger partial charge in [-0.3, -0.25) is 4.98 Å². The molecule has 0 spiro atoms. The lowest BCUT2D eigenvalue weighted by Crippen LogP contribution is -2.05. The van der Waals surface area contributed by atoms with Gasteiger partial charge < -0.3 is 29.7 Å². The van der Waals surface area contributed by atoms with Gasteiger partial charge in [-0.1, -0.05) is 6.07 Å². The quantitative estimate of drug-likeness (QED) is 0.506. The van der Waals surface area contributed by atoms with Crippen molar-refractivity contribution in [2.75, 3.05) is 27.1 Å². The molecule has 31 heavy (non-hydrogen) atoms. The number of anilines is 1. The molecule has 3 heterocycles. The first-order valence-electron chi connectivity index (χ1n) is 9.81. The van der Waals surface area contributed by atoms with E-state index >= 15 is 0 Å². The number of nitrogens with two attached hydrogens (primary N) is 1. The third kappa shape index (κ3) is 3.16. The van der Waals surface area contributed by atoms with Crippen LogP contribution in [0.5, 0.6) is 23.0 Å². The van der Waals surface area contributed by atoms with Gasteiger partial charge in [0.2, 0.25) is 5.75 Å². The number of imidazole rings is 1. The minimum atomic E-state index is -0.219. The summed E-state index contributed by atoms with van der Waals surface area (Å²) >= 11 is 0. The second kappa shape index (κ2) is 7.39. The summed E-state index contributed by atoms with van der Waals surface area (Å²) in [4.78, 5) is 11.9. The first-order chi connectivity index (χ1) is 15.1. The van der Waals surface area contributed by atoms with Crippen LogP contribution in [0.2, 0.25) is 0 Å². The van der Waals surface area contributed by atoms with E-state index in [1.165, 1.54) is 0 Å². The van der Waals surface area contributed by atoms with Gasteiger partial charge in [-0.05, 0) is 35.9 Å². The largest absolute Gasteiger partial charge is 0.493 e. The number of aromatic nitrogens is 3. The van der Waals surface area contributed by atoms with Crippen molar-refractivity contribution in [2.24, 2.45) is 0 Å². The molecule has 0 bridgehead atoms. The van der Waals surface area contributed by atoms with Crippen LogP contribution < -0.4 is 24.7 Å². The number of fused-ring (bicyclic) bond motifs is 2. The molecule has 5 rings (SSSR count). The van der Waals surface area contributed by atoms with Crippen LogP contribution >= 0.6 is 0 Å². The predicted molar refractivity (Wildman–Crippen MR) is 117 cm³/mol. The Morgan fingerprint density at radius 2 is 1.81 bits per heavy atom. The lowest BCUT2D eigenvalue weighted by atomic mass is 10.0. The Kier molecular flexibility index (Phi) is 4.54. The molecular weight excluding hydrogens is 396 g/mol. The number of aromatic amines is 1. The van der Waals surface area contributed by atoms with Crippen LogP contribution in [0.25, 0.3) is 22.2 Å². The van der Waals surface area contributed by atoms with E-state index in [1.807, 2.05) is 36.4 Å². The van der Waals surface area contributed by atoms with Gasteiger partial charge in [0.05, 0.1) is 38.1 Å². The lowest BCUT2D eigenvalue weighted by molar-refractivity contribution is 0.237. The van der Waals surface area contributed by atoms with E-state index in [9.17, 15) is 0 Å². The zero-order valence-electron chi connectivity index (χ0n) is 17.4. The normalized spacial score (nSPS) is 14.9. The average molecular weight is 418 g/mol. The van der Waals surface area contributed by atoms with Gasteiger partial charge in [0.1, 0.15) is 11.9 Å². The maximum atomic E-state index is 6.40. The molecule has 1 aliphatic rings. The average Bonchev–Trinajstić information content (AvgIpc) is 3.39. The van der Waals surface area contributed by atoms with Gasteiger partial charge >= 0.3 is 0 Å². The van der Waals surface area contributed by atoms with Crippen molar-refractivity contribution < 1.29 is 18.9 Å². The van der Waals surface area contributed by atoms with Gasteiger partial charge in [0.25, 0.3) is 0 Å². The van der Waals surface area contributed by atoms with E-state index in [0.29, 0.717) is 29.6 Å². The molecule has 1 atom stereocenters. The SMILES string of the molecule is COc1cc(C2Cc3nccc(-c4ccc5nc(N)[nH]c5c4)c3O2)cc(OC)c1OC. The first kappa shape index (κ1) is 19.0. The number of nitrogens with one attached hydrogen (secondary N) is 1. The van der Waals surface area contributed by atoms with Gasteiger partial charge in [0.15, 0.2) is 17.4 Å². The number of hydrogen-bond acceptors (Lipinski definition) is 7. The first-order valence-corrected chi connectivity index (χ1v) is 9.81. The van der Waals surface area contributed by atoms with Gasteiger partial charge in [-0.15, -0.1) is 0 Å². The molecule has 0 fully saturated rings. The van der Waals surface area contributed by atoms with Crippen LogP contribution in [0.15, 0.2) is 42.6 Å². The Labute approximate surface area is 178 Å². The van der Waals surface area contributed by atoms with E-state index in [2.05, 4.69) is 15.0 Å². The highest BCUT2D eigenvalue weighted by Crippen LogP contribution is 2.46. The molecule has 8 heteroatoms. The molecule has 0 amide bonds. The van der Waals surface area contributed by atoms with E-state index in [1.54, 1.807) is 27.5 Å². The number of nitrogens with zero attached hydrogens (tertiary/aromatic N) is 2. The van der Waals surface area contributed by atoms with Crippen LogP contribution in [-0.4, -0.2) is 36.3 Å². The summed E-state index contributed by atoms with van der Waals surface area (Å²) in [6.07, 6.45) is 2.23. The van der Waals surface area contributed by atoms with Gasteiger partial charge in [-0.2, -0.15) is 0 Å². The number of hydrogen-bond donors (Lipinski definition) is 2. The summed E-state index contributed by atoms with van der Waals surface area (Å²) in [6.45, 7) is 0. The Bertz CT molecular complexity index is 1260. The zero-order valence-corrected chi connectivity index (χ0v) is 17.4. The monoisotopic (exact) mass is 418 g/mol. The molecule has 1 unspecified atom stereocenters. The summed E-state index contributed by atoms with van der Waals surface area (Å²) in [5.41, 5.74) is 11.3. The third-order valence-corrected chi connectivity index (χ3v) is 5.49. The van der Waals surface area contributed by atoms with Crippen LogP contribution in [0, 0.1) is 0 Å². The minimum absolute atomic E-state index is 0.219. The van der Waals surface area contributed by atoms with Crippen LogP contribution in [0.4, 0.5) is 5.95 Å². The molecule has 4 aromatic rings. The van der Waals surface area contributed by atoms with Crippen molar-refractivity contribution in [3.05, 3.63) is 53.9 Å². The Hall–Kier alpha value is -3.94. The van der Waals surface area contributed by atoms with E-state index in [4.69, 9.17) is 24.7 Å². The fourth-order valence-corrected chi connectivity index (χ4v) is 4.03. The number of H-pyrrole nitrogens is 1. The van der Waals surface area contributed by atoms with E-state index in [-0.39, 0.29) is 6.10 Å². The topological polar surface area (TPSA) is 105 Å². The van der Waals surface area contributed by atoms with Crippen molar-refractivity contribution in [2.45, 2.75) is 12.5 Å². The minimum Gasteiger partial charge on any atom is -0.493 e. The van der Waals surface area contributed by atoms with Crippen LogP contribution in [0.1, 0.15) is 17.4 Å². The molecule has 158 valence electrons. The maximum absolute atomic E-state index is 6.40. The van der Waals surface area contributed by atoms with Crippen molar-refractivity contribution in [3.8, 4) is 34.1 Å². The molecule has 0 saturated carbocycles. The van der Waals surface area contributed by atoms with E-state index in [0.717, 1.165) is 39.2 Å². The molecule has 0 aliphatic carbocycles. The highest BCUT2D eigenvalue weighted by molar-refractivity contribution is 5.85. The van der Waals surface area contributed by atoms with Crippen molar-refractivity contribution >= 4 is 17.0 Å². The van der Waals surface area contributed by atoms with Crippen LogP contribution in [0.3, 0.4) is 0 Å². The summed E-state index contributed by atoms with van der Waals surface area (Å²) in [5, 5.41) is 0. The maximum Gasteiger partial charge on any atom is 0.203 e. The number of rotatable bonds is 5. The molecule has 0 saturated heterocycles. The fraction of sp³-hybridized carbons (Fsp3) is 0.217. The second-order valence-electron chi connectivity index (χ2n) is 7.26. The Morgan fingerprint density at radius 1 is 1.03 bits per heavy atom. The second-order valence-corrected chi connectivity index (χ2v) is 7.26. The lowest BCUT2D eigenvalue weighted by Gasteiger charge is -2.17. The summed E-state index contributed by atoms with van der Waals surface area (Å²) < 4.78 is 22.8. The van der Waals surface area contributed by atoms with Crippen molar-refractivity contribution in [3.63, 3.8) is 0 Å². The Balaban J connectivity index is 1.53. The molecule has 3 N–H and O–H groups in total. The number of pyridine rings is 1. The fourth-order valence-electron chi connectivity index (χ4n) is 4.03. The number of methoxy groups -OCH3 is 3. The number of nitrogen functional groups attached to an aromatic ring is 1. The molecule has 8 nitrogen and oxygen atoms in total. The molecule has 0 radical (unpaired) electrons. The van der Waals surface area contributed by atoms with Crippen molar-refractivity contribution in [1.29, 1.82) is 0 Å². The van der Waals surface area contributed by atoms with Gasteiger partial charge in [-0.25, -0.2) is 4.98 Å². The third-order valence-electron chi connectivity index (χ3n) is 5.49. The summed E-state index contributed by atoms with van der Waals surface area (Å²) in [6, 6.07) is 11.8. The standard InChI is InChI=1S/C23H22N4O4/c1-28-19-9-13(10-20(29-2)22(19)30-3)18-11-17-21(31-18)14(6-7-25-17)12-4-5-15-16(8-12)27-23(24)26-15/h4-10,18H,11H2,1-3H3,(H3,24,26,27). The molecule has 1 aliphatic heterocycles. The van der Waals surface area contributed by atoms with Gasteiger partial charge in [0, 0.05) is 23.7 Å². The predicted octanol–water partition coefficient (Wildman–Crippen LogP) is 3.91. The highest BCUT2D eigenvalue weighted by Gasteiger charge is 2.30. The summed E-state index contributed by atoms with van der Waals surface area (Å²) in [5.74, 6) is 2.90. The number of ether oxygens (including phenoxy) is 4. The molecular formula is C23H22N4O4.